The fourth-order valence-corrected chi connectivity index (χ4v) is 2.43. The summed E-state index contributed by atoms with van der Waals surface area (Å²) in [7, 11) is 0. The molecule has 90 valence electrons. The minimum Gasteiger partial charge on any atom is -0.334 e. The Morgan fingerprint density at radius 1 is 1.44 bits per heavy atom. The average Bonchev–Trinajstić information content (AvgIpc) is 2.84. The zero-order valence-electron chi connectivity index (χ0n) is 10.4. The van der Waals surface area contributed by atoms with E-state index in [4.69, 9.17) is 0 Å². The van der Waals surface area contributed by atoms with Crippen molar-refractivity contribution in [2.45, 2.75) is 58.7 Å². The second-order valence-corrected chi connectivity index (χ2v) is 5.25. The summed E-state index contributed by atoms with van der Waals surface area (Å²) in [4.78, 5) is 4.43. The third-order valence-electron chi connectivity index (χ3n) is 3.27. The maximum atomic E-state index is 4.43. The van der Waals surface area contributed by atoms with Crippen LogP contribution < -0.4 is 5.32 Å². The number of nitrogens with one attached hydrogen (secondary N) is 1. The van der Waals surface area contributed by atoms with E-state index in [-0.39, 0.29) is 0 Å². The van der Waals surface area contributed by atoms with E-state index in [1.54, 1.807) is 0 Å². The standard InChI is InChI=1S/C13H23N3/c1-11(2)10-16-8-7-14-13(16)9-15-12-5-3-4-6-12/h7-8,11-12,15H,3-6,9-10H2,1-2H3. The summed E-state index contributed by atoms with van der Waals surface area (Å²) in [5.41, 5.74) is 0. The van der Waals surface area contributed by atoms with Gasteiger partial charge in [-0.25, -0.2) is 4.98 Å². The van der Waals surface area contributed by atoms with Gasteiger partial charge in [0.2, 0.25) is 0 Å². The van der Waals surface area contributed by atoms with Crippen molar-refractivity contribution in [3.63, 3.8) is 0 Å². The van der Waals surface area contributed by atoms with Crippen LogP contribution in [0, 0.1) is 5.92 Å². The smallest absolute Gasteiger partial charge is 0.122 e. The van der Waals surface area contributed by atoms with Crippen molar-refractivity contribution in [3.05, 3.63) is 18.2 Å². The van der Waals surface area contributed by atoms with E-state index in [2.05, 4.69) is 34.9 Å². The van der Waals surface area contributed by atoms with Crippen LogP contribution in [0.5, 0.6) is 0 Å². The maximum absolute atomic E-state index is 4.43. The molecule has 16 heavy (non-hydrogen) atoms. The van der Waals surface area contributed by atoms with Crippen molar-refractivity contribution >= 4 is 0 Å². The first kappa shape index (κ1) is 11.6. The minimum absolute atomic E-state index is 0.680. The van der Waals surface area contributed by atoms with Gasteiger partial charge in [-0.2, -0.15) is 0 Å². The van der Waals surface area contributed by atoms with Crippen LogP contribution in [-0.4, -0.2) is 15.6 Å². The van der Waals surface area contributed by atoms with E-state index >= 15 is 0 Å². The van der Waals surface area contributed by atoms with Crippen molar-refractivity contribution in [2.24, 2.45) is 5.92 Å². The first-order valence-corrected chi connectivity index (χ1v) is 6.49. The SMILES string of the molecule is CC(C)Cn1ccnc1CNC1CCCC1. The topological polar surface area (TPSA) is 29.9 Å². The van der Waals surface area contributed by atoms with Gasteiger partial charge in [-0.05, 0) is 18.8 Å². The molecule has 1 aromatic heterocycles. The Bertz CT molecular complexity index is 311. The molecule has 1 aliphatic rings. The van der Waals surface area contributed by atoms with Gasteiger partial charge in [0.1, 0.15) is 5.82 Å². The molecule has 0 radical (unpaired) electrons. The van der Waals surface area contributed by atoms with Crippen LogP contribution in [0.15, 0.2) is 12.4 Å². The van der Waals surface area contributed by atoms with Crippen LogP contribution in [0.4, 0.5) is 0 Å². The van der Waals surface area contributed by atoms with Gasteiger partial charge < -0.3 is 9.88 Å². The lowest BCUT2D eigenvalue weighted by molar-refractivity contribution is 0.469. The molecule has 1 heterocycles. The largest absolute Gasteiger partial charge is 0.334 e. The van der Waals surface area contributed by atoms with Gasteiger partial charge in [-0.15, -0.1) is 0 Å². The van der Waals surface area contributed by atoms with Crippen LogP contribution in [0.25, 0.3) is 0 Å². The lowest BCUT2D eigenvalue weighted by Crippen LogP contribution is -2.27. The Morgan fingerprint density at radius 2 is 2.19 bits per heavy atom. The Labute approximate surface area is 98.3 Å². The van der Waals surface area contributed by atoms with Gasteiger partial charge in [-0.1, -0.05) is 26.7 Å². The zero-order chi connectivity index (χ0) is 11.4. The number of nitrogens with zero attached hydrogens (tertiary/aromatic N) is 2. The van der Waals surface area contributed by atoms with Crippen molar-refractivity contribution in [2.75, 3.05) is 0 Å². The fourth-order valence-electron chi connectivity index (χ4n) is 2.43. The Morgan fingerprint density at radius 3 is 2.88 bits per heavy atom. The third kappa shape index (κ3) is 3.08. The molecular formula is C13H23N3. The second-order valence-electron chi connectivity index (χ2n) is 5.25. The Balaban J connectivity index is 1.85. The van der Waals surface area contributed by atoms with E-state index in [9.17, 15) is 0 Å². The first-order chi connectivity index (χ1) is 7.75. The molecule has 1 aromatic rings. The number of aromatic nitrogens is 2. The predicted octanol–water partition coefficient (Wildman–Crippen LogP) is 2.57. The van der Waals surface area contributed by atoms with Crippen LogP contribution in [0.3, 0.4) is 0 Å². The molecule has 3 nitrogen and oxygen atoms in total. The first-order valence-electron chi connectivity index (χ1n) is 6.49. The number of rotatable bonds is 5. The van der Waals surface area contributed by atoms with E-state index in [1.165, 1.54) is 31.5 Å². The van der Waals surface area contributed by atoms with Crippen LogP contribution in [0.1, 0.15) is 45.4 Å². The molecule has 0 amide bonds. The molecule has 0 saturated heterocycles. The molecule has 3 heteroatoms. The summed E-state index contributed by atoms with van der Waals surface area (Å²) in [5, 5.41) is 3.61. The molecule has 0 aromatic carbocycles. The molecule has 1 aliphatic carbocycles. The average molecular weight is 221 g/mol. The van der Waals surface area contributed by atoms with Crippen molar-refractivity contribution in [1.82, 2.24) is 14.9 Å². The van der Waals surface area contributed by atoms with Crippen LogP contribution in [0.2, 0.25) is 0 Å². The highest BCUT2D eigenvalue weighted by Crippen LogP contribution is 2.18. The molecule has 1 saturated carbocycles. The van der Waals surface area contributed by atoms with Gasteiger partial charge in [-0.3, -0.25) is 0 Å². The van der Waals surface area contributed by atoms with Gasteiger partial charge in [0.05, 0.1) is 6.54 Å². The molecule has 0 aliphatic heterocycles. The highest BCUT2D eigenvalue weighted by molar-refractivity contribution is 4.93. The van der Waals surface area contributed by atoms with Crippen LogP contribution >= 0.6 is 0 Å². The predicted molar refractivity (Wildman–Crippen MR) is 66.2 cm³/mol. The molecule has 2 rings (SSSR count). The summed E-state index contributed by atoms with van der Waals surface area (Å²) in [6.45, 7) is 6.48. The quantitative estimate of drug-likeness (QED) is 0.828. The normalized spacial score (nSPS) is 17.4. The van der Waals surface area contributed by atoms with Gasteiger partial charge in [0, 0.05) is 25.0 Å². The fraction of sp³-hybridized carbons (Fsp3) is 0.769. The maximum Gasteiger partial charge on any atom is 0.122 e. The number of imidazole rings is 1. The zero-order valence-corrected chi connectivity index (χ0v) is 10.4. The van der Waals surface area contributed by atoms with E-state index in [1.807, 2.05) is 6.20 Å². The van der Waals surface area contributed by atoms with E-state index < -0.39 is 0 Å². The lowest BCUT2D eigenvalue weighted by Gasteiger charge is -2.14. The molecule has 0 spiro atoms. The van der Waals surface area contributed by atoms with Crippen LogP contribution in [-0.2, 0) is 13.1 Å². The molecule has 0 bridgehead atoms. The molecule has 1 N–H and O–H groups in total. The van der Waals surface area contributed by atoms with E-state index in [0.29, 0.717) is 5.92 Å². The Kier molecular flexibility index (Phi) is 3.99. The highest BCUT2D eigenvalue weighted by Gasteiger charge is 2.14. The summed E-state index contributed by atoms with van der Waals surface area (Å²) in [6.07, 6.45) is 9.45. The van der Waals surface area contributed by atoms with Crippen molar-refractivity contribution < 1.29 is 0 Å². The molecular weight excluding hydrogens is 198 g/mol. The highest BCUT2D eigenvalue weighted by atomic mass is 15.1. The van der Waals surface area contributed by atoms with Gasteiger partial charge in [0.25, 0.3) is 0 Å². The number of hydrogen-bond donors (Lipinski definition) is 1. The van der Waals surface area contributed by atoms with Gasteiger partial charge in [0.15, 0.2) is 0 Å². The van der Waals surface area contributed by atoms with Gasteiger partial charge >= 0.3 is 0 Å². The summed E-state index contributed by atoms with van der Waals surface area (Å²) in [6, 6.07) is 0.726. The monoisotopic (exact) mass is 221 g/mol. The summed E-state index contributed by atoms with van der Waals surface area (Å²) in [5.74, 6) is 1.86. The molecule has 1 fully saturated rings. The lowest BCUT2D eigenvalue weighted by atomic mass is 10.2. The summed E-state index contributed by atoms with van der Waals surface area (Å²) < 4.78 is 2.27. The third-order valence-corrected chi connectivity index (χ3v) is 3.27. The second kappa shape index (κ2) is 5.48. The molecule has 0 atom stereocenters. The van der Waals surface area contributed by atoms with Crippen molar-refractivity contribution in [1.29, 1.82) is 0 Å². The molecule has 0 unspecified atom stereocenters. The van der Waals surface area contributed by atoms with Crippen molar-refractivity contribution in [3.8, 4) is 0 Å². The number of hydrogen-bond acceptors (Lipinski definition) is 2. The minimum atomic E-state index is 0.680. The summed E-state index contributed by atoms with van der Waals surface area (Å²) >= 11 is 0. The van der Waals surface area contributed by atoms with E-state index in [0.717, 1.165) is 19.1 Å². The Hall–Kier alpha value is -0.830.